The van der Waals surface area contributed by atoms with Gasteiger partial charge in [-0.2, -0.15) is 0 Å². The normalized spacial score (nSPS) is 11.4. The lowest BCUT2D eigenvalue weighted by Gasteiger charge is -2.02. The summed E-state index contributed by atoms with van der Waals surface area (Å²) in [6, 6.07) is 6.83. The Hall–Kier alpha value is -2.15. The van der Waals surface area contributed by atoms with E-state index in [1.807, 2.05) is 0 Å². The lowest BCUT2D eigenvalue weighted by molar-refractivity contribution is 0.0660. The Labute approximate surface area is 108 Å². The summed E-state index contributed by atoms with van der Waals surface area (Å²) in [6.07, 6.45) is 0. The van der Waals surface area contributed by atoms with E-state index in [2.05, 4.69) is 0 Å². The molecule has 1 heterocycles. The molecule has 0 aliphatic heterocycles. The molecule has 0 radical (unpaired) electrons. The number of furan rings is 1. The summed E-state index contributed by atoms with van der Waals surface area (Å²) in [5, 5.41) is 8.66. The van der Waals surface area contributed by atoms with E-state index in [9.17, 15) is 17.6 Å². The minimum Gasteiger partial charge on any atom is -0.475 e. The van der Waals surface area contributed by atoms with Gasteiger partial charge in [-0.15, -0.1) is 0 Å². The number of hydrogen-bond donors (Lipinski definition) is 1. The van der Waals surface area contributed by atoms with Crippen molar-refractivity contribution in [2.24, 2.45) is 0 Å². The predicted molar refractivity (Wildman–Crippen MR) is 63.0 cm³/mol. The fourth-order valence-electron chi connectivity index (χ4n) is 1.48. The maximum atomic E-state index is 12.7. The standard InChI is InChI=1S/C12H9FO5S/c13-8-1-4-10(5-2-8)19(16,17)7-9-3-6-11(18-9)12(14)15/h1-6H,7H2,(H,14,15). The largest absolute Gasteiger partial charge is 0.475 e. The second kappa shape index (κ2) is 4.85. The van der Waals surface area contributed by atoms with Gasteiger partial charge in [0.05, 0.1) is 4.90 Å². The molecule has 100 valence electrons. The summed E-state index contributed by atoms with van der Waals surface area (Å²) in [4.78, 5) is 10.5. The second-order valence-electron chi connectivity index (χ2n) is 3.78. The van der Waals surface area contributed by atoms with Gasteiger partial charge in [0.15, 0.2) is 9.84 Å². The van der Waals surface area contributed by atoms with E-state index in [1.54, 1.807) is 0 Å². The van der Waals surface area contributed by atoms with Crippen LogP contribution in [-0.4, -0.2) is 19.5 Å². The molecule has 0 saturated carbocycles. The van der Waals surface area contributed by atoms with Gasteiger partial charge in [-0.05, 0) is 36.4 Å². The van der Waals surface area contributed by atoms with Crippen LogP contribution in [0.5, 0.6) is 0 Å². The van der Waals surface area contributed by atoms with E-state index in [1.165, 1.54) is 12.1 Å². The number of carboxylic acids is 1. The van der Waals surface area contributed by atoms with Gasteiger partial charge in [0.2, 0.25) is 5.76 Å². The van der Waals surface area contributed by atoms with Gasteiger partial charge in [-0.3, -0.25) is 0 Å². The molecule has 0 fully saturated rings. The predicted octanol–water partition coefficient (Wildman–Crippen LogP) is 2.09. The van der Waals surface area contributed by atoms with Crippen molar-refractivity contribution < 1.29 is 27.1 Å². The van der Waals surface area contributed by atoms with Crippen LogP contribution in [0.3, 0.4) is 0 Å². The summed E-state index contributed by atoms with van der Waals surface area (Å²) in [5.74, 6) is -2.60. The average Bonchev–Trinajstić information content (AvgIpc) is 2.77. The number of carboxylic acid groups (broad SMARTS) is 1. The van der Waals surface area contributed by atoms with Crippen LogP contribution in [0.1, 0.15) is 16.3 Å². The van der Waals surface area contributed by atoms with Crippen LogP contribution in [0.4, 0.5) is 4.39 Å². The zero-order valence-electron chi connectivity index (χ0n) is 9.54. The van der Waals surface area contributed by atoms with Crippen LogP contribution in [0.25, 0.3) is 0 Å². The summed E-state index contributed by atoms with van der Waals surface area (Å²) < 4.78 is 41.5. The van der Waals surface area contributed by atoms with Gasteiger partial charge in [0.1, 0.15) is 17.3 Å². The molecule has 0 aliphatic rings. The first-order chi connectivity index (χ1) is 8.88. The molecule has 0 unspecified atom stereocenters. The highest BCUT2D eigenvalue weighted by Crippen LogP contribution is 2.18. The molecule has 2 aromatic rings. The highest BCUT2D eigenvalue weighted by Gasteiger charge is 2.19. The lowest BCUT2D eigenvalue weighted by Crippen LogP contribution is -2.04. The highest BCUT2D eigenvalue weighted by atomic mass is 32.2. The van der Waals surface area contributed by atoms with E-state index in [0.717, 1.165) is 24.3 Å². The van der Waals surface area contributed by atoms with Crippen LogP contribution >= 0.6 is 0 Å². The molecule has 1 N–H and O–H groups in total. The van der Waals surface area contributed by atoms with Crippen LogP contribution in [-0.2, 0) is 15.6 Å². The molecule has 0 aliphatic carbocycles. The number of halogens is 1. The monoisotopic (exact) mass is 284 g/mol. The van der Waals surface area contributed by atoms with Gasteiger partial charge in [0.25, 0.3) is 0 Å². The quantitative estimate of drug-likeness (QED) is 0.869. The van der Waals surface area contributed by atoms with E-state index in [4.69, 9.17) is 9.52 Å². The molecular weight excluding hydrogens is 275 g/mol. The molecule has 0 atom stereocenters. The van der Waals surface area contributed by atoms with E-state index in [0.29, 0.717) is 0 Å². The van der Waals surface area contributed by atoms with Gasteiger partial charge in [-0.1, -0.05) is 0 Å². The molecule has 0 spiro atoms. The maximum absolute atomic E-state index is 12.7. The van der Waals surface area contributed by atoms with Crippen molar-refractivity contribution in [2.45, 2.75) is 10.6 Å². The first kappa shape index (κ1) is 13.3. The van der Waals surface area contributed by atoms with Crippen molar-refractivity contribution in [2.75, 3.05) is 0 Å². The van der Waals surface area contributed by atoms with E-state index >= 15 is 0 Å². The van der Waals surface area contributed by atoms with Gasteiger partial charge >= 0.3 is 5.97 Å². The molecule has 0 bridgehead atoms. The Morgan fingerprint density at radius 3 is 2.32 bits per heavy atom. The molecule has 2 rings (SSSR count). The van der Waals surface area contributed by atoms with E-state index < -0.39 is 27.4 Å². The molecule has 1 aromatic heterocycles. The number of hydrogen-bond acceptors (Lipinski definition) is 4. The lowest BCUT2D eigenvalue weighted by atomic mass is 10.4. The molecule has 5 nitrogen and oxygen atoms in total. The van der Waals surface area contributed by atoms with Crippen molar-refractivity contribution in [1.29, 1.82) is 0 Å². The second-order valence-corrected chi connectivity index (χ2v) is 5.77. The van der Waals surface area contributed by atoms with Crippen LogP contribution < -0.4 is 0 Å². The molecule has 0 saturated heterocycles. The summed E-state index contributed by atoms with van der Waals surface area (Å²) in [5.41, 5.74) is 0. The fourth-order valence-corrected chi connectivity index (χ4v) is 2.73. The SMILES string of the molecule is O=C(O)c1ccc(CS(=O)(=O)c2ccc(F)cc2)o1. The van der Waals surface area contributed by atoms with Crippen molar-refractivity contribution in [3.63, 3.8) is 0 Å². The molecule has 7 heteroatoms. The highest BCUT2D eigenvalue weighted by molar-refractivity contribution is 7.90. The topological polar surface area (TPSA) is 84.6 Å². The third kappa shape index (κ3) is 3.00. The maximum Gasteiger partial charge on any atom is 0.371 e. The zero-order chi connectivity index (χ0) is 14.0. The Balaban J connectivity index is 2.25. The van der Waals surface area contributed by atoms with Gasteiger partial charge in [0, 0.05) is 0 Å². The minimum atomic E-state index is -3.70. The molecule has 19 heavy (non-hydrogen) atoms. The average molecular weight is 284 g/mol. The number of benzene rings is 1. The molecular formula is C12H9FO5S. The number of carbonyl (C=O) groups is 1. The van der Waals surface area contributed by atoms with Crippen molar-refractivity contribution >= 4 is 15.8 Å². The van der Waals surface area contributed by atoms with E-state index in [-0.39, 0.29) is 16.4 Å². The molecule has 1 aromatic carbocycles. The van der Waals surface area contributed by atoms with Crippen LogP contribution in [0, 0.1) is 5.82 Å². The van der Waals surface area contributed by atoms with Crippen LogP contribution in [0.15, 0.2) is 45.7 Å². The zero-order valence-corrected chi connectivity index (χ0v) is 10.4. The Morgan fingerprint density at radius 2 is 1.79 bits per heavy atom. The Morgan fingerprint density at radius 1 is 1.16 bits per heavy atom. The smallest absolute Gasteiger partial charge is 0.371 e. The Kier molecular flexibility index (Phi) is 3.39. The van der Waals surface area contributed by atoms with Crippen molar-refractivity contribution in [1.82, 2.24) is 0 Å². The van der Waals surface area contributed by atoms with Crippen molar-refractivity contribution in [3.05, 3.63) is 53.7 Å². The number of aromatic carboxylic acids is 1. The summed E-state index contributed by atoms with van der Waals surface area (Å²) in [7, 11) is -3.70. The first-order valence-corrected chi connectivity index (χ1v) is 6.84. The third-order valence-corrected chi connectivity index (χ3v) is 4.03. The van der Waals surface area contributed by atoms with Gasteiger partial charge < -0.3 is 9.52 Å². The number of sulfone groups is 1. The third-order valence-electron chi connectivity index (χ3n) is 2.38. The molecule has 0 amide bonds. The minimum absolute atomic E-state index is 0.0155. The Bertz CT molecular complexity index is 700. The number of rotatable bonds is 4. The van der Waals surface area contributed by atoms with Crippen molar-refractivity contribution in [3.8, 4) is 0 Å². The summed E-state index contributed by atoms with van der Waals surface area (Å²) in [6.45, 7) is 0. The van der Waals surface area contributed by atoms with Crippen LogP contribution in [0.2, 0.25) is 0 Å². The fraction of sp³-hybridized carbons (Fsp3) is 0.0833. The first-order valence-electron chi connectivity index (χ1n) is 5.19. The van der Waals surface area contributed by atoms with Gasteiger partial charge in [-0.25, -0.2) is 17.6 Å². The summed E-state index contributed by atoms with van der Waals surface area (Å²) >= 11 is 0.